The Morgan fingerprint density at radius 2 is 1.58 bits per heavy atom. The van der Waals surface area contributed by atoms with Crippen LogP contribution in [0.1, 0.15) is 0 Å². The highest BCUT2D eigenvalue weighted by Gasteiger charge is 2.21. The van der Waals surface area contributed by atoms with Crippen molar-refractivity contribution >= 4 is 28.2 Å². The molecule has 1 saturated heterocycles. The van der Waals surface area contributed by atoms with Gasteiger partial charge in [0.15, 0.2) is 5.65 Å². The van der Waals surface area contributed by atoms with Crippen molar-refractivity contribution in [3.05, 3.63) is 60.7 Å². The van der Waals surface area contributed by atoms with Gasteiger partial charge in [-0.05, 0) is 36.4 Å². The molecule has 1 aliphatic heterocycles. The summed E-state index contributed by atoms with van der Waals surface area (Å²) in [5, 5.41) is 9.35. The van der Waals surface area contributed by atoms with Crippen LogP contribution in [0.4, 0.5) is 16.0 Å². The molecule has 0 unspecified atom stereocenters. The maximum atomic E-state index is 13.1. The average Bonchev–Trinajstić information content (AvgIpc) is 3.18. The molecule has 0 bridgehead atoms. The van der Waals surface area contributed by atoms with Gasteiger partial charge in [-0.1, -0.05) is 12.1 Å². The predicted octanol–water partition coefficient (Wildman–Crippen LogP) is 2.74. The molecule has 1 fully saturated rings. The minimum absolute atomic E-state index is 0.206. The highest BCUT2D eigenvalue weighted by Crippen LogP contribution is 2.24. The molecule has 0 N–H and O–H groups in total. The van der Waals surface area contributed by atoms with Gasteiger partial charge >= 0.3 is 0 Å². The Labute approximate surface area is 149 Å². The van der Waals surface area contributed by atoms with Crippen molar-refractivity contribution in [3.8, 4) is 0 Å². The fraction of sp³-hybridized carbons (Fsp3) is 0.211. The van der Waals surface area contributed by atoms with Gasteiger partial charge in [-0.2, -0.15) is 0 Å². The van der Waals surface area contributed by atoms with Crippen LogP contribution in [-0.2, 0) is 0 Å². The summed E-state index contributed by atoms with van der Waals surface area (Å²) in [5.41, 5.74) is 2.79. The smallest absolute Gasteiger partial charge is 0.213 e. The van der Waals surface area contributed by atoms with Gasteiger partial charge < -0.3 is 9.80 Å². The fourth-order valence-electron chi connectivity index (χ4n) is 3.53. The normalized spacial score (nSPS) is 15.1. The number of hydrogen-bond acceptors (Lipinski definition) is 5. The first kappa shape index (κ1) is 15.1. The van der Waals surface area contributed by atoms with E-state index in [4.69, 9.17) is 4.98 Å². The molecule has 2 aromatic carbocycles. The molecular weight excluding hydrogens is 331 g/mol. The zero-order valence-electron chi connectivity index (χ0n) is 14.1. The minimum Gasteiger partial charge on any atom is -0.368 e. The standard InChI is InChI=1S/C19H17FN6/c20-14-5-7-15(8-6-14)24-9-11-25(12-10-24)19-22-17-4-2-1-3-16(17)18-23-21-13-26(18)19/h1-8,13H,9-12H2. The number of piperazine rings is 1. The quantitative estimate of drug-likeness (QED) is 0.557. The van der Waals surface area contributed by atoms with Crippen molar-refractivity contribution in [3.63, 3.8) is 0 Å². The summed E-state index contributed by atoms with van der Waals surface area (Å²) in [4.78, 5) is 9.37. The number of fused-ring (bicyclic) bond motifs is 3. The van der Waals surface area contributed by atoms with Crippen molar-refractivity contribution in [2.75, 3.05) is 36.0 Å². The Morgan fingerprint density at radius 3 is 2.38 bits per heavy atom. The molecule has 0 amide bonds. The number of hydrogen-bond donors (Lipinski definition) is 0. The largest absolute Gasteiger partial charge is 0.368 e. The number of rotatable bonds is 2. The molecule has 5 rings (SSSR count). The molecule has 130 valence electrons. The van der Waals surface area contributed by atoms with E-state index in [9.17, 15) is 4.39 Å². The monoisotopic (exact) mass is 348 g/mol. The zero-order valence-corrected chi connectivity index (χ0v) is 14.1. The van der Waals surface area contributed by atoms with Gasteiger partial charge in [0.1, 0.15) is 12.1 Å². The first-order chi connectivity index (χ1) is 12.8. The average molecular weight is 348 g/mol. The van der Waals surface area contributed by atoms with Gasteiger partial charge in [0.05, 0.1) is 5.52 Å². The van der Waals surface area contributed by atoms with E-state index in [1.165, 1.54) is 12.1 Å². The fourth-order valence-corrected chi connectivity index (χ4v) is 3.53. The summed E-state index contributed by atoms with van der Waals surface area (Å²) >= 11 is 0. The van der Waals surface area contributed by atoms with Crippen LogP contribution in [-0.4, -0.2) is 45.8 Å². The van der Waals surface area contributed by atoms with Crippen LogP contribution in [0.15, 0.2) is 54.9 Å². The lowest BCUT2D eigenvalue weighted by Crippen LogP contribution is -2.47. The molecule has 7 heteroatoms. The number of para-hydroxylation sites is 1. The third-order valence-electron chi connectivity index (χ3n) is 4.88. The summed E-state index contributed by atoms with van der Waals surface area (Å²) in [6.07, 6.45) is 1.72. The lowest BCUT2D eigenvalue weighted by atomic mass is 10.2. The number of benzene rings is 2. The first-order valence-electron chi connectivity index (χ1n) is 8.63. The Kier molecular flexibility index (Phi) is 3.44. The topological polar surface area (TPSA) is 49.6 Å². The molecule has 0 atom stereocenters. The van der Waals surface area contributed by atoms with Gasteiger partial charge in [0.25, 0.3) is 0 Å². The van der Waals surface area contributed by atoms with E-state index in [0.717, 1.165) is 54.4 Å². The van der Waals surface area contributed by atoms with E-state index >= 15 is 0 Å². The number of anilines is 2. The lowest BCUT2D eigenvalue weighted by Gasteiger charge is -2.36. The van der Waals surface area contributed by atoms with E-state index in [1.807, 2.05) is 40.8 Å². The van der Waals surface area contributed by atoms with Gasteiger partial charge in [0.2, 0.25) is 5.95 Å². The molecule has 0 saturated carbocycles. The first-order valence-corrected chi connectivity index (χ1v) is 8.63. The van der Waals surface area contributed by atoms with Crippen LogP contribution in [0.25, 0.3) is 16.6 Å². The van der Waals surface area contributed by atoms with Gasteiger partial charge in [-0.3, -0.25) is 4.40 Å². The van der Waals surface area contributed by atoms with Crippen LogP contribution in [0.3, 0.4) is 0 Å². The highest BCUT2D eigenvalue weighted by molar-refractivity contribution is 5.92. The van der Waals surface area contributed by atoms with E-state index < -0.39 is 0 Å². The van der Waals surface area contributed by atoms with Gasteiger partial charge in [0, 0.05) is 37.3 Å². The number of aromatic nitrogens is 4. The molecule has 3 heterocycles. The zero-order chi connectivity index (χ0) is 17.5. The number of nitrogens with zero attached hydrogens (tertiary/aromatic N) is 6. The van der Waals surface area contributed by atoms with Crippen LogP contribution in [0.2, 0.25) is 0 Å². The number of halogens is 1. The maximum Gasteiger partial charge on any atom is 0.213 e. The maximum absolute atomic E-state index is 13.1. The van der Waals surface area contributed by atoms with E-state index in [-0.39, 0.29) is 5.82 Å². The SMILES string of the molecule is Fc1ccc(N2CCN(c3nc4ccccc4c4nncn34)CC2)cc1. The molecule has 26 heavy (non-hydrogen) atoms. The molecule has 1 aliphatic rings. The Morgan fingerprint density at radius 1 is 0.846 bits per heavy atom. The predicted molar refractivity (Wildman–Crippen MR) is 99.1 cm³/mol. The third kappa shape index (κ3) is 2.44. The van der Waals surface area contributed by atoms with Crippen molar-refractivity contribution in [2.24, 2.45) is 0 Å². The second-order valence-electron chi connectivity index (χ2n) is 6.40. The summed E-state index contributed by atoms with van der Waals surface area (Å²) in [5.74, 6) is 0.658. The van der Waals surface area contributed by atoms with Crippen LogP contribution >= 0.6 is 0 Å². The van der Waals surface area contributed by atoms with Crippen molar-refractivity contribution in [2.45, 2.75) is 0 Å². The molecule has 4 aromatic rings. The van der Waals surface area contributed by atoms with E-state index in [0.29, 0.717) is 0 Å². The highest BCUT2D eigenvalue weighted by atomic mass is 19.1. The van der Waals surface area contributed by atoms with Crippen LogP contribution in [0, 0.1) is 5.82 Å². The van der Waals surface area contributed by atoms with E-state index in [2.05, 4.69) is 20.0 Å². The van der Waals surface area contributed by atoms with Crippen molar-refractivity contribution < 1.29 is 4.39 Å². The molecule has 6 nitrogen and oxygen atoms in total. The van der Waals surface area contributed by atoms with E-state index in [1.54, 1.807) is 6.33 Å². The van der Waals surface area contributed by atoms with Crippen LogP contribution in [0.5, 0.6) is 0 Å². The summed E-state index contributed by atoms with van der Waals surface area (Å²) in [6, 6.07) is 14.7. The second kappa shape index (κ2) is 5.94. The summed E-state index contributed by atoms with van der Waals surface area (Å²) in [6.45, 7) is 3.36. The summed E-state index contributed by atoms with van der Waals surface area (Å²) in [7, 11) is 0. The molecule has 0 aliphatic carbocycles. The third-order valence-corrected chi connectivity index (χ3v) is 4.88. The second-order valence-corrected chi connectivity index (χ2v) is 6.40. The molecule has 0 spiro atoms. The van der Waals surface area contributed by atoms with Gasteiger partial charge in [-0.15, -0.1) is 10.2 Å². The molecule has 0 radical (unpaired) electrons. The Hall–Kier alpha value is -3.22. The summed E-state index contributed by atoms with van der Waals surface area (Å²) < 4.78 is 15.1. The van der Waals surface area contributed by atoms with Gasteiger partial charge in [-0.25, -0.2) is 9.37 Å². The van der Waals surface area contributed by atoms with Crippen molar-refractivity contribution in [1.82, 2.24) is 19.6 Å². The van der Waals surface area contributed by atoms with Crippen LogP contribution < -0.4 is 9.80 Å². The molecule has 2 aromatic heterocycles. The Bertz CT molecular complexity index is 1070. The molecular formula is C19H17FN6. The van der Waals surface area contributed by atoms with Crippen molar-refractivity contribution in [1.29, 1.82) is 0 Å². The minimum atomic E-state index is -0.206. The Balaban J connectivity index is 1.46. The lowest BCUT2D eigenvalue weighted by molar-refractivity contribution is 0.622.